The van der Waals surface area contributed by atoms with Crippen molar-refractivity contribution >= 4 is 28.8 Å². The summed E-state index contributed by atoms with van der Waals surface area (Å²) in [6.45, 7) is 6.32. The van der Waals surface area contributed by atoms with Crippen molar-refractivity contribution < 1.29 is 18.7 Å². The monoisotopic (exact) mass is 489 g/mol. The third-order valence-electron chi connectivity index (χ3n) is 5.38. The Hall–Kier alpha value is -3.91. The second-order valence-corrected chi connectivity index (χ2v) is 9.06. The van der Waals surface area contributed by atoms with Crippen LogP contribution >= 0.6 is 11.3 Å². The SMILES string of the molecule is CCOc1ccc(N(C(=O)c2sc(C)nc2C)[C@H](C(=O)NCc2ccco2)c2ccccc2)cc1. The van der Waals surface area contributed by atoms with Gasteiger partial charge < -0.3 is 14.5 Å². The van der Waals surface area contributed by atoms with Crippen LogP contribution in [0.15, 0.2) is 77.4 Å². The first kappa shape index (κ1) is 24.2. The fourth-order valence-corrected chi connectivity index (χ4v) is 4.69. The number of hydrogen-bond acceptors (Lipinski definition) is 6. The van der Waals surface area contributed by atoms with Crippen LogP contribution in [0, 0.1) is 13.8 Å². The predicted molar refractivity (Wildman–Crippen MR) is 136 cm³/mol. The number of furan rings is 1. The molecule has 4 rings (SSSR count). The number of thiazole rings is 1. The number of rotatable bonds is 9. The molecule has 2 amide bonds. The molecule has 0 spiro atoms. The summed E-state index contributed by atoms with van der Waals surface area (Å²) in [7, 11) is 0. The average molecular weight is 490 g/mol. The smallest absolute Gasteiger partial charge is 0.271 e. The Balaban J connectivity index is 1.79. The lowest BCUT2D eigenvalue weighted by molar-refractivity contribution is -0.122. The molecule has 0 saturated heterocycles. The molecule has 0 fully saturated rings. The molecule has 0 saturated carbocycles. The molecule has 35 heavy (non-hydrogen) atoms. The fourth-order valence-electron chi connectivity index (χ4n) is 3.83. The van der Waals surface area contributed by atoms with Crippen molar-refractivity contribution in [3.05, 3.63) is 99.9 Å². The summed E-state index contributed by atoms with van der Waals surface area (Å²) in [5.41, 5.74) is 1.90. The van der Waals surface area contributed by atoms with Gasteiger partial charge in [-0.25, -0.2) is 4.98 Å². The maximum Gasteiger partial charge on any atom is 0.271 e. The van der Waals surface area contributed by atoms with Gasteiger partial charge in [-0.3, -0.25) is 14.5 Å². The van der Waals surface area contributed by atoms with E-state index in [1.54, 1.807) is 42.7 Å². The highest BCUT2D eigenvalue weighted by molar-refractivity contribution is 7.13. The number of ether oxygens (including phenoxy) is 1. The van der Waals surface area contributed by atoms with Gasteiger partial charge in [0.05, 0.1) is 30.1 Å². The number of anilines is 1. The molecule has 2 aromatic heterocycles. The second kappa shape index (κ2) is 11.0. The Morgan fingerprint density at radius 1 is 1.06 bits per heavy atom. The summed E-state index contributed by atoms with van der Waals surface area (Å²) in [4.78, 5) is 34.1. The zero-order valence-electron chi connectivity index (χ0n) is 19.9. The highest BCUT2D eigenvalue weighted by Gasteiger charge is 2.35. The normalized spacial score (nSPS) is 11.6. The van der Waals surface area contributed by atoms with E-state index in [9.17, 15) is 9.59 Å². The molecule has 2 aromatic carbocycles. The Labute approximate surface area is 208 Å². The molecule has 2 heterocycles. The molecular formula is C27H27N3O4S. The molecule has 1 N–H and O–H groups in total. The third-order valence-corrected chi connectivity index (χ3v) is 6.44. The van der Waals surface area contributed by atoms with Crippen LogP contribution in [0.4, 0.5) is 5.69 Å². The van der Waals surface area contributed by atoms with Crippen LogP contribution in [0.2, 0.25) is 0 Å². The van der Waals surface area contributed by atoms with Gasteiger partial charge in [0.25, 0.3) is 5.91 Å². The van der Waals surface area contributed by atoms with Gasteiger partial charge in [-0.15, -0.1) is 11.3 Å². The Bertz CT molecular complexity index is 1270. The molecule has 0 unspecified atom stereocenters. The number of aromatic nitrogens is 1. The van der Waals surface area contributed by atoms with Crippen LogP contribution < -0.4 is 15.0 Å². The number of aryl methyl sites for hydroxylation is 2. The molecule has 0 bridgehead atoms. The molecule has 8 heteroatoms. The lowest BCUT2D eigenvalue weighted by Gasteiger charge is -2.31. The van der Waals surface area contributed by atoms with E-state index in [1.165, 1.54) is 16.2 Å². The fraction of sp³-hybridized carbons (Fsp3) is 0.222. The zero-order valence-corrected chi connectivity index (χ0v) is 20.7. The molecule has 7 nitrogen and oxygen atoms in total. The van der Waals surface area contributed by atoms with Crippen LogP contribution in [0.3, 0.4) is 0 Å². The van der Waals surface area contributed by atoms with Crippen LogP contribution in [0.1, 0.15) is 44.7 Å². The van der Waals surface area contributed by atoms with E-state index in [0.29, 0.717) is 39.9 Å². The van der Waals surface area contributed by atoms with Gasteiger partial charge in [-0.05, 0) is 62.7 Å². The molecule has 0 aliphatic rings. The minimum absolute atomic E-state index is 0.208. The summed E-state index contributed by atoms with van der Waals surface area (Å²) < 4.78 is 10.9. The number of amides is 2. The minimum atomic E-state index is -0.918. The Kier molecular flexibility index (Phi) is 7.62. The molecule has 180 valence electrons. The van der Waals surface area contributed by atoms with Crippen molar-refractivity contribution in [2.45, 2.75) is 33.4 Å². The Morgan fingerprint density at radius 2 is 1.80 bits per heavy atom. The molecule has 0 radical (unpaired) electrons. The third kappa shape index (κ3) is 5.60. The van der Waals surface area contributed by atoms with E-state index < -0.39 is 6.04 Å². The molecule has 0 aliphatic heterocycles. The van der Waals surface area contributed by atoms with Crippen LogP contribution in [0.25, 0.3) is 0 Å². The molecule has 0 aliphatic carbocycles. The van der Waals surface area contributed by atoms with Gasteiger partial charge in [0.15, 0.2) is 0 Å². The average Bonchev–Trinajstić information content (AvgIpc) is 3.51. The lowest BCUT2D eigenvalue weighted by Crippen LogP contribution is -2.43. The van der Waals surface area contributed by atoms with Crippen molar-refractivity contribution in [2.75, 3.05) is 11.5 Å². The van der Waals surface area contributed by atoms with E-state index in [4.69, 9.17) is 9.15 Å². The number of nitrogens with zero attached hydrogens (tertiary/aromatic N) is 2. The van der Waals surface area contributed by atoms with E-state index in [-0.39, 0.29) is 18.4 Å². The number of nitrogens with one attached hydrogen (secondary N) is 1. The van der Waals surface area contributed by atoms with Gasteiger partial charge in [-0.2, -0.15) is 0 Å². The second-order valence-electron chi connectivity index (χ2n) is 7.86. The van der Waals surface area contributed by atoms with E-state index in [1.807, 2.05) is 51.1 Å². The topological polar surface area (TPSA) is 84.7 Å². The first-order chi connectivity index (χ1) is 17.0. The number of carbonyl (C=O) groups excluding carboxylic acids is 2. The summed E-state index contributed by atoms with van der Waals surface area (Å²) in [6.07, 6.45) is 1.56. The van der Waals surface area contributed by atoms with Crippen LogP contribution in [0.5, 0.6) is 5.75 Å². The molecule has 4 aromatic rings. The molecule has 1 atom stereocenters. The van der Waals surface area contributed by atoms with Gasteiger partial charge in [0, 0.05) is 5.69 Å². The van der Waals surface area contributed by atoms with Gasteiger partial charge in [-0.1, -0.05) is 30.3 Å². The maximum absolute atomic E-state index is 14.0. The molecular weight excluding hydrogens is 462 g/mol. The van der Waals surface area contributed by atoms with Gasteiger partial charge >= 0.3 is 0 Å². The predicted octanol–water partition coefficient (Wildman–Crippen LogP) is 5.46. The van der Waals surface area contributed by atoms with Crippen LogP contribution in [-0.4, -0.2) is 23.4 Å². The lowest BCUT2D eigenvalue weighted by atomic mass is 10.0. The highest BCUT2D eigenvalue weighted by Crippen LogP contribution is 2.33. The first-order valence-electron chi connectivity index (χ1n) is 11.3. The highest BCUT2D eigenvalue weighted by atomic mass is 32.1. The van der Waals surface area contributed by atoms with Gasteiger partial charge in [0.2, 0.25) is 5.91 Å². The van der Waals surface area contributed by atoms with E-state index >= 15 is 0 Å². The van der Waals surface area contributed by atoms with Gasteiger partial charge in [0.1, 0.15) is 22.4 Å². The van der Waals surface area contributed by atoms with Crippen LogP contribution in [-0.2, 0) is 11.3 Å². The largest absolute Gasteiger partial charge is 0.494 e. The van der Waals surface area contributed by atoms with Crippen molar-refractivity contribution in [3.8, 4) is 5.75 Å². The van der Waals surface area contributed by atoms with Crippen molar-refractivity contribution in [1.29, 1.82) is 0 Å². The summed E-state index contributed by atoms with van der Waals surface area (Å²) in [5, 5.41) is 3.72. The summed E-state index contributed by atoms with van der Waals surface area (Å²) >= 11 is 1.32. The summed E-state index contributed by atoms with van der Waals surface area (Å²) in [5.74, 6) is 0.693. The van der Waals surface area contributed by atoms with Crippen molar-refractivity contribution in [3.63, 3.8) is 0 Å². The Morgan fingerprint density at radius 3 is 2.40 bits per heavy atom. The van der Waals surface area contributed by atoms with E-state index in [0.717, 1.165) is 5.01 Å². The maximum atomic E-state index is 14.0. The zero-order chi connectivity index (χ0) is 24.8. The summed E-state index contributed by atoms with van der Waals surface area (Å²) in [6, 6.07) is 19.1. The number of hydrogen-bond donors (Lipinski definition) is 1. The number of benzene rings is 2. The van der Waals surface area contributed by atoms with E-state index in [2.05, 4.69) is 10.3 Å². The standard InChI is InChI=1S/C27H27N3O4S/c1-4-33-22-14-12-21(13-15-22)30(27(32)25-18(2)29-19(3)35-25)24(20-9-6-5-7-10-20)26(31)28-17-23-11-8-16-34-23/h5-16,24H,4,17H2,1-3H3,(H,28,31)/t24-/m0/s1. The minimum Gasteiger partial charge on any atom is -0.494 e. The first-order valence-corrected chi connectivity index (χ1v) is 12.1. The van der Waals surface area contributed by atoms with Crippen molar-refractivity contribution in [1.82, 2.24) is 10.3 Å². The quantitative estimate of drug-likeness (QED) is 0.338. The van der Waals surface area contributed by atoms with Crippen molar-refractivity contribution in [2.24, 2.45) is 0 Å². The number of carbonyl (C=O) groups is 2.